The molecule has 1 N–H and O–H groups in total. The topological polar surface area (TPSA) is 81.9 Å². The summed E-state index contributed by atoms with van der Waals surface area (Å²) in [5.41, 5.74) is 2.44. The molecular weight excluding hydrogens is 368 g/mol. The molecule has 2 aliphatic heterocycles. The standard InChI is InChI=1S/C22H28N4O3/c1-15-9-25(12-19(14-27)29-15)11-18-13-26(10-16(2)28-18)21-6-5-17(8-23)22-20(21)4-3-7-24-22/h3-7,15-16,18-19,27H,9-14H2,1-2H3/t15-,16-,18+,19-/m1/s1. The Kier molecular flexibility index (Phi) is 5.97. The number of nitriles is 1. The second-order valence-corrected chi connectivity index (χ2v) is 8.09. The van der Waals surface area contributed by atoms with Crippen molar-refractivity contribution in [2.75, 3.05) is 44.2 Å². The summed E-state index contributed by atoms with van der Waals surface area (Å²) in [6, 6.07) is 10.1. The van der Waals surface area contributed by atoms with Crippen LogP contribution in [0.25, 0.3) is 10.9 Å². The van der Waals surface area contributed by atoms with Gasteiger partial charge in [0.15, 0.2) is 0 Å². The zero-order valence-corrected chi connectivity index (χ0v) is 17.0. The van der Waals surface area contributed by atoms with E-state index < -0.39 is 0 Å². The van der Waals surface area contributed by atoms with E-state index in [-0.39, 0.29) is 31.0 Å². The number of pyridine rings is 1. The Morgan fingerprint density at radius 1 is 1.10 bits per heavy atom. The van der Waals surface area contributed by atoms with Crippen molar-refractivity contribution in [1.82, 2.24) is 9.88 Å². The molecule has 0 saturated carbocycles. The van der Waals surface area contributed by atoms with Gasteiger partial charge in [-0.3, -0.25) is 9.88 Å². The molecule has 0 spiro atoms. The number of rotatable bonds is 4. The molecule has 7 nitrogen and oxygen atoms in total. The van der Waals surface area contributed by atoms with Gasteiger partial charge < -0.3 is 19.5 Å². The van der Waals surface area contributed by atoms with Gasteiger partial charge in [0, 0.05) is 50.0 Å². The van der Waals surface area contributed by atoms with Crippen molar-refractivity contribution in [2.24, 2.45) is 0 Å². The van der Waals surface area contributed by atoms with E-state index >= 15 is 0 Å². The molecule has 2 saturated heterocycles. The normalized spacial score (nSPS) is 28.4. The fourth-order valence-corrected chi connectivity index (χ4v) is 4.54. The van der Waals surface area contributed by atoms with Crippen molar-refractivity contribution < 1.29 is 14.6 Å². The van der Waals surface area contributed by atoms with Crippen molar-refractivity contribution in [3.8, 4) is 6.07 Å². The molecule has 154 valence electrons. The number of benzene rings is 1. The number of fused-ring (bicyclic) bond motifs is 1. The fourth-order valence-electron chi connectivity index (χ4n) is 4.54. The Morgan fingerprint density at radius 3 is 2.69 bits per heavy atom. The first kappa shape index (κ1) is 20.0. The summed E-state index contributed by atoms with van der Waals surface area (Å²) in [6.07, 6.45) is 1.86. The van der Waals surface area contributed by atoms with E-state index in [9.17, 15) is 10.4 Å². The van der Waals surface area contributed by atoms with Crippen LogP contribution >= 0.6 is 0 Å². The summed E-state index contributed by atoms with van der Waals surface area (Å²) >= 11 is 0. The van der Waals surface area contributed by atoms with Crippen LogP contribution in [-0.4, -0.2) is 78.7 Å². The lowest BCUT2D eigenvalue weighted by atomic mass is 10.1. The Bertz CT molecular complexity index is 899. The van der Waals surface area contributed by atoms with Gasteiger partial charge in [0.25, 0.3) is 0 Å². The number of hydrogen-bond acceptors (Lipinski definition) is 7. The highest BCUT2D eigenvalue weighted by molar-refractivity contribution is 5.95. The number of hydrogen-bond donors (Lipinski definition) is 1. The summed E-state index contributed by atoms with van der Waals surface area (Å²) in [6.45, 7) is 8.12. The van der Waals surface area contributed by atoms with Crippen molar-refractivity contribution in [2.45, 2.75) is 38.3 Å². The first-order valence-corrected chi connectivity index (χ1v) is 10.2. The lowest BCUT2D eigenvalue weighted by Gasteiger charge is -2.42. The lowest BCUT2D eigenvalue weighted by molar-refractivity contribution is -0.111. The molecule has 4 atom stereocenters. The highest BCUT2D eigenvalue weighted by Crippen LogP contribution is 2.30. The van der Waals surface area contributed by atoms with Gasteiger partial charge in [0.2, 0.25) is 0 Å². The minimum absolute atomic E-state index is 0.0408. The Balaban J connectivity index is 1.54. The number of ether oxygens (including phenoxy) is 2. The van der Waals surface area contributed by atoms with Gasteiger partial charge in [-0.05, 0) is 38.1 Å². The summed E-state index contributed by atoms with van der Waals surface area (Å²) in [5.74, 6) is 0. The summed E-state index contributed by atoms with van der Waals surface area (Å²) in [4.78, 5) is 9.11. The quantitative estimate of drug-likeness (QED) is 0.844. The second kappa shape index (κ2) is 8.64. The smallest absolute Gasteiger partial charge is 0.101 e. The third-order valence-electron chi connectivity index (χ3n) is 5.60. The van der Waals surface area contributed by atoms with Gasteiger partial charge in [0.05, 0.1) is 42.1 Å². The van der Waals surface area contributed by atoms with Crippen LogP contribution < -0.4 is 4.90 Å². The van der Waals surface area contributed by atoms with Gasteiger partial charge in [-0.15, -0.1) is 0 Å². The van der Waals surface area contributed by atoms with E-state index in [1.165, 1.54) is 0 Å². The highest BCUT2D eigenvalue weighted by atomic mass is 16.5. The maximum Gasteiger partial charge on any atom is 0.101 e. The van der Waals surface area contributed by atoms with E-state index in [0.717, 1.165) is 49.3 Å². The van der Waals surface area contributed by atoms with Gasteiger partial charge in [-0.25, -0.2) is 0 Å². The van der Waals surface area contributed by atoms with Crippen LogP contribution in [0.5, 0.6) is 0 Å². The van der Waals surface area contributed by atoms with Crippen molar-refractivity contribution in [1.29, 1.82) is 5.26 Å². The maximum atomic E-state index is 9.49. The second-order valence-electron chi connectivity index (χ2n) is 8.09. The zero-order chi connectivity index (χ0) is 20.4. The molecule has 3 heterocycles. The summed E-state index contributed by atoms with van der Waals surface area (Å²) in [5, 5.41) is 19.9. The molecule has 1 aromatic heterocycles. The van der Waals surface area contributed by atoms with E-state index in [0.29, 0.717) is 5.56 Å². The number of aliphatic hydroxyl groups is 1. The molecule has 0 bridgehead atoms. The van der Waals surface area contributed by atoms with E-state index in [4.69, 9.17) is 9.47 Å². The average molecular weight is 396 g/mol. The lowest BCUT2D eigenvalue weighted by Crippen LogP contribution is -2.55. The molecule has 2 aromatic rings. The third kappa shape index (κ3) is 4.36. The molecule has 2 aliphatic rings. The van der Waals surface area contributed by atoms with E-state index in [1.807, 2.05) is 31.2 Å². The molecule has 0 amide bonds. The number of anilines is 1. The van der Waals surface area contributed by atoms with Crippen LogP contribution in [0.2, 0.25) is 0 Å². The largest absolute Gasteiger partial charge is 0.394 e. The molecule has 2 fully saturated rings. The predicted octanol–water partition coefficient (Wildman–Crippen LogP) is 1.78. The van der Waals surface area contributed by atoms with Crippen LogP contribution in [0.15, 0.2) is 30.5 Å². The Morgan fingerprint density at radius 2 is 1.90 bits per heavy atom. The molecule has 1 aromatic carbocycles. The van der Waals surface area contributed by atoms with Crippen LogP contribution in [-0.2, 0) is 9.47 Å². The molecule has 0 radical (unpaired) electrons. The van der Waals surface area contributed by atoms with Gasteiger partial charge in [-0.2, -0.15) is 5.26 Å². The molecule has 29 heavy (non-hydrogen) atoms. The van der Waals surface area contributed by atoms with Crippen LogP contribution in [0.3, 0.4) is 0 Å². The maximum absolute atomic E-state index is 9.49. The monoisotopic (exact) mass is 396 g/mol. The van der Waals surface area contributed by atoms with Crippen molar-refractivity contribution in [3.05, 3.63) is 36.0 Å². The third-order valence-corrected chi connectivity index (χ3v) is 5.60. The molecule has 0 unspecified atom stereocenters. The SMILES string of the molecule is C[C@@H]1CN(C[C@H]2CN(c3ccc(C#N)c4ncccc34)C[C@@H](C)O2)C[C@H](CO)O1. The Hall–Kier alpha value is -2.24. The minimum Gasteiger partial charge on any atom is -0.394 e. The van der Waals surface area contributed by atoms with Crippen LogP contribution in [0.1, 0.15) is 19.4 Å². The van der Waals surface area contributed by atoms with Gasteiger partial charge in [0.1, 0.15) is 6.07 Å². The summed E-state index contributed by atoms with van der Waals surface area (Å²) < 4.78 is 12.0. The average Bonchev–Trinajstić information content (AvgIpc) is 2.72. The molecule has 0 aliphatic carbocycles. The fraction of sp³-hybridized carbons (Fsp3) is 0.545. The molecule has 4 rings (SSSR count). The van der Waals surface area contributed by atoms with E-state index in [2.05, 4.69) is 27.8 Å². The van der Waals surface area contributed by atoms with Crippen molar-refractivity contribution >= 4 is 16.6 Å². The van der Waals surface area contributed by atoms with E-state index in [1.54, 1.807) is 6.20 Å². The van der Waals surface area contributed by atoms with Crippen LogP contribution in [0.4, 0.5) is 5.69 Å². The predicted molar refractivity (Wildman–Crippen MR) is 111 cm³/mol. The van der Waals surface area contributed by atoms with Gasteiger partial charge in [-0.1, -0.05) is 0 Å². The summed E-state index contributed by atoms with van der Waals surface area (Å²) in [7, 11) is 0. The first-order chi connectivity index (χ1) is 14.1. The zero-order valence-electron chi connectivity index (χ0n) is 17.0. The van der Waals surface area contributed by atoms with Gasteiger partial charge >= 0.3 is 0 Å². The number of aromatic nitrogens is 1. The molecular formula is C22H28N4O3. The number of nitrogens with zero attached hydrogens (tertiary/aromatic N) is 4. The minimum atomic E-state index is -0.135. The highest BCUT2D eigenvalue weighted by Gasteiger charge is 2.31. The first-order valence-electron chi connectivity index (χ1n) is 10.2. The van der Waals surface area contributed by atoms with Crippen molar-refractivity contribution in [3.63, 3.8) is 0 Å². The Labute approximate surface area is 171 Å². The molecule has 7 heteroatoms. The van der Waals surface area contributed by atoms with Crippen LogP contribution in [0, 0.1) is 11.3 Å². The number of aliphatic hydroxyl groups excluding tert-OH is 1. The number of morpholine rings is 2.